The fourth-order valence-corrected chi connectivity index (χ4v) is 2.08. The second-order valence-electron chi connectivity index (χ2n) is 3.77. The van der Waals surface area contributed by atoms with Gasteiger partial charge in [-0.2, -0.15) is 10.1 Å². The van der Waals surface area contributed by atoms with Crippen LogP contribution in [0.1, 0.15) is 5.56 Å². The Kier molecular flexibility index (Phi) is 4.71. The van der Waals surface area contributed by atoms with Gasteiger partial charge in [-0.1, -0.05) is 48.5 Å². The summed E-state index contributed by atoms with van der Waals surface area (Å²) in [4.78, 5) is 9.49. The minimum atomic E-state index is -4.16. The van der Waals surface area contributed by atoms with Crippen LogP contribution in [0.2, 0.25) is 0 Å². The average Bonchev–Trinajstić information content (AvgIpc) is 2.40. The van der Waals surface area contributed by atoms with Crippen molar-refractivity contribution in [3.63, 3.8) is 0 Å². The molecule has 0 bridgehead atoms. The standard InChI is InChI=1S/C13H14NO4P/c15-19(16,17-13-9-5-2-6-10-13)18-14-11-12-7-3-1-4-8-12/h1-10,14H,11H2,(H,15,16). The smallest absolute Gasteiger partial charge is 0.403 e. The molecule has 0 spiro atoms. The first-order valence-electron chi connectivity index (χ1n) is 5.68. The Labute approximate surface area is 111 Å². The van der Waals surface area contributed by atoms with E-state index in [-0.39, 0.29) is 5.75 Å². The molecule has 0 radical (unpaired) electrons. The van der Waals surface area contributed by atoms with E-state index in [1.54, 1.807) is 30.3 Å². The molecule has 100 valence electrons. The van der Waals surface area contributed by atoms with Crippen molar-refractivity contribution in [2.45, 2.75) is 6.54 Å². The molecule has 19 heavy (non-hydrogen) atoms. The fraction of sp³-hybridized carbons (Fsp3) is 0.0769. The van der Waals surface area contributed by atoms with Gasteiger partial charge in [0.2, 0.25) is 0 Å². The lowest BCUT2D eigenvalue weighted by Gasteiger charge is -2.13. The van der Waals surface area contributed by atoms with E-state index in [0.717, 1.165) is 5.56 Å². The molecule has 0 aliphatic carbocycles. The highest BCUT2D eigenvalue weighted by molar-refractivity contribution is 7.47. The van der Waals surface area contributed by atoms with Crippen LogP contribution in [0.25, 0.3) is 0 Å². The Hall–Kier alpha value is -1.65. The summed E-state index contributed by atoms with van der Waals surface area (Å²) < 4.78 is 21.2. The molecule has 2 N–H and O–H groups in total. The lowest BCUT2D eigenvalue weighted by Crippen LogP contribution is -2.14. The van der Waals surface area contributed by atoms with Gasteiger partial charge in [0, 0.05) is 6.54 Å². The summed E-state index contributed by atoms with van der Waals surface area (Å²) in [6, 6.07) is 17.7. The van der Waals surface area contributed by atoms with Gasteiger partial charge in [-0.25, -0.2) is 4.57 Å². The van der Waals surface area contributed by atoms with Crippen molar-refractivity contribution < 1.29 is 18.6 Å². The highest BCUT2D eigenvalue weighted by Crippen LogP contribution is 2.42. The molecule has 2 aromatic carbocycles. The predicted octanol–water partition coefficient (Wildman–Crippen LogP) is 2.89. The second kappa shape index (κ2) is 6.50. The molecule has 0 heterocycles. The van der Waals surface area contributed by atoms with Gasteiger partial charge < -0.3 is 4.52 Å². The number of hydrogen-bond donors (Lipinski definition) is 2. The summed E-state index contributed by atoms with van der Waals surface area (Å²) in [6.07, 6.45) is 0. The Bertz CT molecular complexity index is 547. The number of hydroxylamine groups is 1. The SMILES string of the molecule is O=P(O)(ONCc1ccccc1)Oc1ccccc1. The topological polar surface area (TPSA) is 67.8 Å². The molecule has 0 aliphatic heterocycles. The van der Waals surface area contributed by atoms with Gasteiger partial charge in [-0.15, -0.1) is 0 Å². The molecule has 2 aromatic rings. The first-order chi connectivity index (χ1) is 9.16. The largest absolute Gasteiger partial charge is 0.544 e. The van der Waals surface area contributed by atoms with Crippen LogP contribution in [0.15, 0.2) is 60.7 Å². The normalized spacial score (nSPS) is 13.7. The first-order valence-corrected chi connectivity index (χ1v) is 7.18. The molecule has 0 aliphatic rings. The summed E-state index contributed by atoms with van der Waals surface area (Å²) >= 11 is 0. The zero-order valence-corrected chi connectivity index (χ0v) is 11.0. The van der Waals surface area contributed by atoms with Crippen LogP contribution < -0.4 is 10.0 Å². The molecule has 0 fully saturated rings. The number of benzene rings is 2. The molecule has 5 nitrogen and oxygen atoms in total. The van der Waals surface area contributed by atoms with Crippen LogP contribution in [0.5, 0.6) is 5.75 Å². The van der Waals surface area contributed by atoms with Crippen molar-refractivity contribution in [3.05, 3.63) is 66.2 Å². The van der Waals surface area contributed by atoms with E-state index >= 15 is 0 Å². The Balaban J connectivity index is 1.83. The van der Waals surface area contributed by atoms with Gasteiger partial charge in [0.05, 0.1) is 0 Å². The molecular weight excluding hydrogens is 265 g/mol. The Morgan fingerprint density at radius 1 is 1.00 bits per heavy atom. The summed E-state index contributed by atoms with van der Waals surface area (Å²) in [6.45, 7) is 0.309. The van der Waals surface area contributed by atoms with E-state index in [1.807, 2.05) is 30.3 Å². The van der Waals surface area contributed by atoms with Gasteiger partial charge in [0.25, 0.3) is 0 Å². The molecule has 0 aromatic heterocycles. The second-order valence-corrected chi connectivity index (χ2v) is 5.07. The number of rotatable bonds is 6. The summed E-state index contributed by atoms with van der Waals surface area (Å²) in [5, 5.41) is 0. The fourth-order valence-electron chi connectivity index (χ4n) is 1.43. The van der Waals surface area contributed by atoms with Gasteiger partial charge in [-0.3, -0.25) is 4.89 Å². The van der Waals surface area contributed by atoms with Gasteiger partial charge in [-0.05, 0) is 17.7 Å². The number of phosphoric acid groups is 1. The number of phosphoric ester groups is 1. The number of para-hydroxylation sites is 1. The van der Waals surface area contributed by atoms with E-state index in [0.29, 0.717) is 6.54 Å². The molecule has 0 saturated heterocycles. The lowest BCUT2D eigenvalue weighted by atomic mass is 10.2. The molecule has 6 heteroatoms. The van der Waals surface area contributed by atoms with Crippen LogP contribution in [0, 0.1) is 0 Å². The van der Waals surface area contributed by atoms with Crippen LogP contribution in [-0.2, 0) is 15.7 Å². The zero-order valence-electron chi connectivity index (χ0n) is 10.1. The molecular formula is C13H14NO4P. The van der Waals surface area contributed by atoms with Gasteiger partial charge >= 0.3 is 7.82 Å². The maximum Gasteiger partial charge on any atom is 0.544 e. The Morgan fingerprint density at radius 2 is 1.58 bits per heavy atom. The van der Waals surface area contributed by atoms with E-state index in [9.17, 15) is 9.46 Å². The minimum Gasteiger partial charge on any atom is -0.403 e. The van der Waals surface area contributed by atoms with E-state index < -0.39 is 7.82 Å². The summed E-state index contributed by atoms with van der Waals surface area (Å²) in [7, 11) is -4.16. The van der Waals surface area contributed by atoms with Crippen LogP contribution in [-0.4, -0.2) is 4.89 Å². The predicted molar refractivity (Wildman–Crippen MR) is 71.3 cm³/mol. The van der Waals surface area contributed by atoms with Crippen molar-refractivity contribution in [1.82, 2.24) is 5.48 Å². The highest BCUT2D eigenvalue weighted by atomic mass is 31.2. The van der Waals surface area contributed by atoms with E-state index in [1.165, 1.54) is 0 Å². The molecule has 0 amide bonds. The third kappa shape index (κ3) is 4.85. The first kappa shape index (κ1) is 13.8. The van der Waals surface area contributed by atoms with Crippen molar-refractivity contribution in [3.8, 4) is 5.75 Å². The van der Waals surface area contributed by atoms with E-state index in [4.69, 9.17) is 4.52 Å². The van der Waals surface area contributed by atoms with Crippen molar-refractivity contribution in [1.29, 1.82) is 0 Å². The Morgan fingerprint density at radius 3 is 2.21 bits per heavy atom. The maximum atomic E-state index is 11.6. The minimum absolute atomic E-state index is 0.273. The highest BCUT2D eigenvalue weighted by Gasteiger charge is 2.23. The van der Waals surface area contributed by atoms with Gasteiger partial charge in [0.1, 0.15) is 5.75 Å². The third-order valence-corrected chi connectivity index (χ3v) is 3.06. The molecule has 0 saturated carbocycles. The van der Waals surface area contributed by atoms with Crippen LogP contribution in [0.4, 0.5) is 0 Å². The van der Waals surface area contributed by atoms with Crippen molar-refractivity contribution >= 4 is 7.82 Å². The average molecular weight is 279 g/mol. The van der Waals surface area contributed by atoms with Crippen molar-refractivity contribution in [2.24, 2.45) is 0 Å². The van der Waals surface area contributed by atoms with Crippen LogP contribution in [0.3, 0.4) is 0 Å². The number of nitrogens with one attached hydrogen (secondary N) is 1. The van der Waals surface area contributed by atoms with Crippen LogP contribution >= 0.6 is 7.82 Å². The molecule has 1 unspecified atom stereocenters. The van der Waals surface area contributed by atoms with Crippen molar-refractivity contribution in [2.75, 3.05) is 0 Å². The quantitative estimate of drug-likeness (QED) is 0.628. The molecule has 2 rings (SSSR count). The summed E-state index contributed by atoms with van der Waals surface area (Å²) in [5.41, 5.74) is 3.36. The summed E-state index contributed by atoms with van der Waals surface area (Å²) in [5.74, 6) is 0.273. The van der Waals surface area contributed by atoms with E-state index in [2.05, 4.69) is 10.1 Å². The maximum absolute atomic E-state index is 11.6. The van der Waals surface area contributed by atoms with Gasteiger partial charge in [0.15, 0.2) is 0 Å². The zero-order chi connectivity index (χ0) is 13.6. The third-order valence-electron chi connectivity index (χ3n) is 2.26. The monoisotopic (exact) mass is 279 g/mol. The lowest BCUT2D eigenvalue weighted by molar-refractivity contribution is 0.126. The molecule has 1 atom stereocenters. The number of hydrogen-bond acceptors (Lipinski definition) is 4.